The van der Waals surface area contributed by atoms with E-state index in [0.717, 1.165) is 37.2 Å². The number of thioether (sulfide) groups is 1. The Bertz CT molecular complexity index is 273. The summed E-state index contributed by atoms with van der Waals surface area (Å²) in [7, 11) is 0. The molecule has 0 spiro atoms. The molecule has 0 saturated heterocycles. The van der Waals surface area contributed by atoms with Gasteiger partial charge in [0.2, 0.25) is 0 Å². The van der Waals surface area contributed by atoms with Crippen molar-refractivity contribution in [2.24, 2.45) is 11.8 Å². The topological polar surface area (TPSA) is 46.5 Å². The molecule has 0 aromatic rings. The number of hydrogen-bond donors (Lipinski definition) is 1. The third kappa shape index (κ3) is 5.74. The van der Waals surface area contributed by atoms with Crippen molar-refractivity contribution in [2.75, 3.05) is 18.1 Å². The molecule has 0 aromatic heterocycles. The van der Waals surface area contributed by atoms with E-state index in [1.807, 2.05) is 18.7 Å². The van der Waals surface area contributed by atoms with Crippen molar-refractivity contribution in [1.29, 1.82) is 0 Å². The van der Waals surface area contributed by atoms with Gasteiger partial charge in [-0.3, -0.25) is 4.79 Å². The van der Waals surface area contributed by atoms with Gasteiger partial charge in [-0.1, -0.05) is 20.3 Å². The summed E-state index contributed by atoms with van der Waals surface area (Å²) in [6, 6.07) is 0. The first-order valence-electron chi connectivity index (χ1n) is 7.47. The van der Waals surface area contributed by atoms with Gasteiger partial charge in [0, 0.05) is 5.75 Å². The van der Waals surface area contributed by atoms with Crippen LogP contribution in [-0.4, -0.2) is 34.8 Å². The van der Waals surface area contributed by atoms with Crippen molar-refractivity contribution in [1.82, 2.24) is 0 Å². The van der Waals surface area contributed by atoms with E-state index < -0.39 is 5.60 Å². The fourth-order valence-corrected chi connectivity index (χ4v) is 3.79. The summed E-state index contributed by atoms with van der Waals surface area (Å²) >= 11 is 1.85. The summed E-state index contributed by atoms with van der Waals surface area (Å²) in [5, 5.41) is 10.5. The second-order valence-electron chi connectivity index (χ2n) is 5.78. The third-order valence-electron chi connectivity index (χ3n) is 4.01. The average molecular weight is 288 g/mol. The molecule has 0 aliphatic heterocycles. The molecule has 0 amide bonds. The molecule has 1 aliphatic rings. The molecule has 4 heteroatoms. The molecule has 0 aromatic carbocycles. The number of aliphatic hydroxyl groups is 1. The van der Waals surface area contributed by atoms with Gasteiger partial charge in [0.25, 0.3) is 0 Å². The number of hydrogen-bond acceptors (Lipinski definition) is 4. The van der Waals surface area contributed by atoms with Gasteiger partial charge < -0.3 is 9.84 Å². The van der Waals surface area contributed by atoms with Crippen LogP contribution in [0.2, 0.25) is 0 Å². The molecule has 112 valence electrons. The molecule has 1 saturated carbocycles. The van der Waals surface area contributed by atoms with Gasteiger partial charge in [-0.15, -0.1) is 0 Å². The largest absolute Gasteiger partial charge is 0.466 e. The summed E-state index contributed by atoms with van der Waals surface area (Å²) in [6.07, 6.45) is 4.17. The maximum atomic E-state index is 11.6. The van der Waals surface area contributed by atoms with Gasteiger partial charge in [0.05, 0.1) is 18.1 Å². The van der Waals surface area contributed by atoms with E-state index in [0.29, 0.717) is 12.5 Å². The highest BCUT2D eigenvalue weighted by molar-refractivity contribution is 7.99. The molecule has 3 nitrogen and oxygen atoms in total. The third-order valence-corrected chi connectivity index (χ3v) is 5.55. The van der Waals surface area contributed by atoms with Crippen molar-refractivity contribution in [3.05, 3.63) is 0 Å². The number of carbonyl (C=O) groups excluding carboxylic acids is 1. The van der Waals surface area contributed by atoms with Crippen molar-refractivity contribution in [3.63, 3.8) is 0 Å². The molecule has 1 unspecified atom stereocenters. The minimum Gasteiger partial charge on any atom is -0.466 e. The minimum absolute atomic E-state index is 0.000194. The zero-order valence-corrected chi connectivity index (χ0v) is 13.3. The van der Waals surface area contributed by atoms with Crippen molar-refractivity contribution in [2.45, 2.75) is 58.5 Å². The van der Waals surface area contributed by atoms with Gasteiger partial charge >= 0.3 is 5.97 Å². The van der Waals surface area contributed by atoms with Gasteiger partial charge in [0.15, 0.2) is 0 Å². The lowest BCUT2D eigenvalue weighted by Gasteiger charge is -2.35. The second-order valence-corrected chi connectivity index (χ2v) is 6.81. The molecule has 1 rings (SSSR count). The van der Waals surface area contributed by atoms with E-state index in [-0.39, 0.29) is 11.9 Å². The normalized spacial score (nSPS) is 28.9. The van der Waals surface area contributed by atoms with Crippen LogP contribution in [0.15, 0.2) is 0 Å². The van der Waals surface area contributed by atoms with Crippen LogP contribution < -0.4 is 0 Å². The maximum Gasteiger partial charge on any atom is 0.308 e. The van der Waals surface area contributed by atoms with Gasteiger partial charge in [0.1, 0.15) is 0 Å². The van der Waals surface area contributed by atoms with Crippen LogP contribution in [0.4, 0.5) is 0 Å². The Labute approximate surface area is 121 Å². The van der Waals surface area contributed by atoms with Crippen LogP contribution in [0.5, 0.6) is 0 Å². The monoisotopic (exact) mass is 288 g/mol. The maximum absolute atomic E-state index is 11.6. The molecule has 0 bridgehead atoms. The Morgan fingerprint density at radius 2 is 2.05 bits per heavy atom. The van der Waals surface area contributed by atoms with Crippen molar-refractivity contribution in [3.8, 4) is 0 Å². The zero-order valence-electron chi connectivity index (χ0n) is 12.5. The van der Waals surface area contributed by atoms with E-state index in [1.165, 1.54) is 6.42 Å². The summed E-state index contributed by atoms with van der Waals surface area (Å²) in [6.45, 7) is 6.73. The SMILES string of the molecule is CCOC(=O)C1CCC(O)(CSCC(C)CC)CC1. The zero-order chi connectivity index (χ0) is 14.3. The lowest BCUT2D eigenvalue weighted by Crippen LogP contribution is -2.38. The highest BCUT2D eigenvalue weighted by Gasteiger charge is 2.36. The first-order valence-corrected chi connectivity index (χ1v) is 8.63. The van der Waals surface area contributed by atoms with Crippen molar-refractivity contribution < 1.29 is 14.6 Å². The average Bonchev–Trinajstić information content (AvgIpc) is 2.39. The first-order chi connectivity index (χ1) is 9.00. The number of carbonyl (C=O) groups is 1. The summed E-state index contributed by atoms with van der Waals surface area (Å²) in [5.41, 5.74) is -0.568. The fourth-order valence-electron chi connectivity index (χ4n) is 2.36. The second kappa shape index (κ2) is 8.15. The molecular formula is C15H28O3S. The Morgan fingerprint density at radius 3 is 2.58 bits per heavy atom. The van der Waals surface area contributed by atoms with Crippen LogP contribution >= 0.6 is 11.8 Å². The Hall–Kier alpha value is -0.220. The van der Waals surface area contributed by atoms with E-state index in [4.69, 9.17) is 4.74 Å². The fraction of sp³-hybridized carbons (Fsp3) is 0.933. The number of esters is 1. The van der Waals surface area contributed by atoms with Gasteiger partial charge in [-0.2, -0.15) is 11.8 Å². The van der Waals surface area contributed by atoms with E-state index in [9.17, 15) is 9.90 Å². The molecule has 1 aliphatic carbocycles. The van der Waals surface area contributed by atoms with E-state index in [1.54, 1.807) is 0 Å². The molecule has 1 N–H and O–H groups in total. The van der Waals surface area contributed by atoms with Gasteiger partial charge in [-0.25, -0.2) is 0 Å². The van der Waals surface area contributed by atoms with Crippen LogP contribution in [0.25, 0.3) is 0 Å². The lowest BCUT2D eigenvalue weighted by atomic mass is 9.80. The van der Waals surface area contributed by atoms with E-state index in [2.05, 4.69) is 13.8 Å². The molecular weight excluding hydrogens is 260 g/mol. The molecule has 0 heterocycles. The highest BCUT2D eigenvalue weighted by Crippen LogP contribution is 2.35. The highest BCUT2D eigenvalue weighted by atomic mass is 32.2. The quantitative estimate of drug-likeness (QED) is 0.731. The Morgan fingerprint density at radius 1 is 1.42 bits per heavy atom. The van der Waals surface area contributed by atoms with Crippen LogP contribution in [-0.2, 0) is 9.53 Å². The van der Waals surface area contributed by atoms with Crippen LogP contribution in [0.3, 0.4) is 0 Å². The standard InChI is InChI=1S/C15H28O3S/c1-4-12(3)10-19-11-15(17)8-6-13(7-9-15)14(16)18-5-2/h12-13,17H,4-11H2,1-3H3. The molecule has 19 heavy (non-hydrogen) atoms. The minimum atomic E-state index is -0.568. The van der Waals surface area contributed by atoms with Crippen LogP contribution in [0.1, 0.15) is 52.9 Å². The molecule has 1 atom stereocenters. The smallest absolute Gasteiger partial charge is 0.308 e. The van der Waals surface area contributed by atoms with Gasteiger partial charge in [-0.05, 0) is 44.3 Å². The molecule has 1 fully saturated rings. The lowest BCUT2D eigenvalue weighted by molar-refractivity contribution is -0.150. The van der Waals surface area contributed by atoms with Crippen molar-refractivity contribution >= 4 is 17.7 Å². The predicted octanol–water partition coefficient (Wildman–Crippen LogP) is 3.25. The summed E-state index contributed by atoms with van der Waals surface area (Å²) in [5.74, 6) is 2.54. The molecule has 0 radical (unpaired) electrons. The first kappa shape index (κ1) is 16.8. The Kier molecular flexibility index (Phi) is 7.22. The number of rotatable bonds is 7. The Balaban J connectivity index is 2.28. The summed E-state index contributed by atoms with van der Waals surface area (Å²) in [4.78, 5) is 11.6. The van der Waals surface area contributed by atoms with Crippen LogP contribution in [0, 0.1) is 11.8 Å². The number of ether oxygens (including phenoxy) is 1. The summed E-state index contributed by atoms with van der Waals surface area (Å²) < 4.78 is 5.05. The van der Waals surface area contributed by atoms with E-state index >= 15 is 0 Å². The predicted molar refractivity (Wildman–Crippen MR) is 80.3 cm³/mol.